The molecule has 0 aliphatic rings. The molecular formula is C10H13N5S. The summed E-state index contributed by atoms with van der Waals surface area (Å²) < 4.78 is 0. The minimum atomic E-state index is 0.0994. The molecule has 3 N–H and O–H groups in total. The van der Waals surface area contributed by atoms with E-state index in [2.05, 4.69) is 20.3 Å². The lowest BCUT2D eigenvalue weighted by Gasteiger charge is -2.10. The summed E-state index contributed by atoms with van der Waals surface area (Å²) in [6, 6.07) is 0.0994. The van der Waals surface area contributed by atoms with Crippen molar-refractivity contribution in [1.29, 1.82) is 0 Å². The first-order chi connectivity index (χ1) is 7.65. The number of hydrogen-bond acceptors (Lipinski definition) is 6. The van der Waals surface area contributed by atoms with Crippen LogP contribution in [0.1, 0.15) is 23.7 Å². The average molecular weight is 235 g/mol. The van der Waals surface area contributed by atoms with Gasteiger partial charge in [0, 0.05) is 11.1 Å². The van der Waals surface area contributed by atoms with Crippen LogP contribution < -0.4 is 11.1 Å². The first-order valence-corrected chi connectivity index (χ1v) is 5.79. The molecule has 0 aliphatic carbocycles. The van der Waals surface area contributed by atoms with E-state index < -0.39 is 0 Å². The van der Waals surface area contributed by atoms with E-state index in [0.717, 1.165) is 10.7 Å². The van der Waals surface area contributed by atoms with E-state index in [0.29, 0.717) is 11.6 Å². The third kappa shape index (κ3) is 2.46. The van der Waals surface area contributed by atoms with Crippen LogP contribution in [0.15, 0.2) is 17.8 Å². The molecule has 2 aromatic rings. The maximum Gasteiger partial charge on any atom is 0.223 e. The number of nitrogen functional groups attached to an aromatic ring is 1. The highest BCUT2D eigenvalue weighted by atomic mass is 32.1. The maximum atomic E-state index is 5.51. The van der Waals surface area contributed by atoms with Crippen LogP contribution in [-0.2, 0) is 0 Å². The molecule has 1 unspecified atom stereocenters. The fourth-order valence-electron chi connectivity index (χ4n) is 1.24. The summed E-state index contributed by atoms with van der Waals surface area (Å²) in [7, 11) is 0. The molecule has 2 heterocycles. The first kappa shape index (κ1) is 10.8. The minimum absolute atomic E-state index is 0.0994. The number of nitrogens with zero attached hydrogens (tertiary/aromatic N) is 3. The van der Waals surface area contributed by atoms with E-state index in [1.807, 2.05) is 19.2 Å². The van der Waals surface area contributed by atoms with Gasteiger partial charge in [-0.25, -0.2) is 15.0 Å². The van der Waals surface area contributed by atoms with E-state index in [1.165, 1.54) is 0 Å². The van der Waals surface area contributed by atoms with E-state index >= 15 is 0 Å². The SMILES string of the molecule is Cc1csc(C(C)Nc2ncc(N)cn2)n1. The van der Waals surface area contributed by atoms with Crippen molar-refractivity contribution >= 4 is 23.0 Å². The number of nitrogens with two attached hydrogens (primary N) is 1. The summed E-state index contributed by atoms with van der Waals surface area (Å²) in [4.78, 5) is 12.6. The van der Waals surface area contributed by atoms with Gasteiger partial charge in [0.15, 0.2) is 0 Å². The number of thiazole rings is 1. The molecule has 0 fully saturated rings. The van der Waals surface area contributed by atoms with Gasteiger partial charge in [0.05, 0.1) is 24.1 Å². The lowest BCUT2D eigenvalue weighted by molar-refractivity contribution is 0.844. The molecule has 0 bridgehead atoms. The largest absolute Gasteiger partial charge is 0.396 e. The van der Waals surface area contributed by atoms with Gasteiger partial charge in [0.25, 0.3) is 0 Å². The van der Waals surface area contributed by atoms with Crippen LogP contribution in [-0.4, -0.2) is 15.0 Å². The average Bonchev–Trinajstić information content (AvgIpc) is 2.68. The quantitative estimate of drug-likeness (QED) is 0.850. The van der Waals surface area contributed by atoms with Crippen LogP contribution in [0.3, 0.4) is 0 Å². The second kappa shape index (κ2) is 4.44. The van der Waals surface area contributed by atoms with Crippen LogP contribution in [0.5, 0.6) is 0 Å². The molecule has 5 nitrogen and oxygen atoms in total. The Labute approximate surface area is 97.8 Å². The molecule has 0 aromatic carbocycles. The molecule has 0 aliphatic heterocycles. The van der Waals surface area contributed by atoms with Crippen molar-refractivity contribution in [2.45, 2.75) is 19.9 Å². The van der Waals surface area contributed by atoms with Crippen molar-refractivity contribution in [3.8, 4) is 0 Å². The molecule has 6 heteroatoms. The Morgan fingerprint density at radius 2 is 2.06 bits per heavy atom. The molecule has 0 radical (unpaired) electrons. The second-order valence-corrected chi connectivity index (χ2v) is 4.42. The molecule has 2 aromatic heterocycles. The van der Waals surface area contributed by atoms with Crippen LogP contribution in [0, 0.1) is 6.92 Å². The monoisotopic (exact) mass is 235 g/mol. The molecule has 0 spiro atoms. The number of aromatic nitrogens is 3. The van der Waals surface area contributed by atoms with Gasteiger partial charge in [0.2, 0.25) is 5.95 Å². The van der Waals surface area contributed by atoms with Gasteiger partial charge >= 0.3 is 0 Å². The molecule has 0 saturated heterocycles. The summed E-state index contributed by atoms with van der Waals surface area (Å²) in [5.74, 6) is 0.564. The summed E-state index contributed by atoms with van der Waals surface area (Å²) in [5.41, 5.74) is 7.10. The van der Waals surface area contributed by atoms with E-state index in [9.17, 15) is 0 Å². The Balaban J connectivity index is 2.07. The topological polar surface area (TPSA) is 76.7 Å². The minimum Gasteiger partial charge on any atom is -0.396 e. The molecular weight excluding hydrogens is 222 g/mol. The van der Waals surface area contributed by atoms with Crippen LogP contribution in [0.2, 0.25) is 0 Å². The highest BCUT2D eigenvalue weighted by Gasteiger charge is 2.10. The smallest absolute Gasteiger partial charge is 0.223 e. The zero-order chi connectivity index (χ0) is 11.5. The van der Waals surface area contributed by atoms with Crippen LogP contribution in [0.25, 0.3) is 0 Å². The number of rotatable bonds is 3. The number of aryl methyl sites for hydroxylation is 1. The van der Waals surface area contributed by atoms with E-state index in [4.69, 9.17) is 5.73 Å². The normalized spacial score (nSPS) is 12.4. The Morgan fingerprint density at radius 3 is 2.62 bits per heavy atom. The molecule has 1 atom stereocenters. The highest BCUT2D eigenvalue weighted by Crippen LogP contribution is 2.20. The van der Waals surface area contributed by atoms with E-state index in [-0.39, 0.29) is 6.04 Å². The van der Waals surface area contributed by atoms with Gasteiger partial charge in [0.1, 0.15) is 5.01 Å². The number of nitrogens with one attached hydrogen (secondary N) is 1. The Hall–Kier alpha value is -1.69. The Kier molecular flexibility index (Phi) is 3.00. The fourth-order valence-corrected chi connectivity index (χ4v) is 2.04. The molecule has 0 saturated carbocycles. The number of hydrogen-bond donors (Lipinski definition) is 2. The fraction of sp³-hybridized carbons (Fsp3) is 0.300. The van der Waals surface area contributed by atoms with Gasteiger partial charge < -0.3 is 11.1 Å². The molecule has 2 rings (SSSR count). The summed E-state index contributed by atoms with van der Waals surface area (Å²) >= 11 is 1.63. The highest BCUT2D eigenvalue weighted by molar-refractivity contribution is 7.09. The third-order valence-corrected chi connectivity index (χ3v) is 3.17. The van der Waals surface area contributed by atoms with Gasteiger partial charge in [-0.2, -0.15) is 0 Å². The lowest BCUT2D eigenvalue weighted by atomic mass is 10.3. The second-order valence-electron chi connectivity index (χ2n) is 3.53. The first-order valence-electron chi connectivity index (χ1n) is 4.91. The van der Waals surface area contributed by atoms with Crippen molar-refractivity contribution in [2.75, 3.05) is 11.1 Å². The summed E-state index contributed by atoms with van der Waals surface area (Å²) in [6.45, 7) is 4.00. The van der Waals surface area contributed by atoms with Crippen molar-refractivity contribution in [3.05, 3.63) is 28.5 Å². The molecule has 0 amide bonds. The zero-order valence-electron chi connectivity index (χ0n) is 9.14. The van der Waals surface area contributed by atoms with Crippen molar-refractivity contribution in [2.24, 2.45) is 0 Å². The summed E-state index contributed by atoms with van der Waals surface area (Å²) in [5, 5.41) is 6.22. The molecule has 84 valence electrons. The Morgan fingerprint density at radius 1 is 1.38 bits per heavy atom. The van der Waals surface area contributed by atoms with E-state index in [1.54, 1.807) is 23.7 Å². The lowest BCUT2D eigenvalue weighted by Crippen LogP contribution is -2.09. The van der Waals surface area contributed by atoms with Gasteiger partial charge in [-0.1, -0.05) is 0 Å². The Bertz CT molecular complexity index is 464. The number of anilines is 2. The van der Waals surface area contributed by atoms with Crippen molar-refractivity contribution < 1.29 is 0 Å². The van der Waals surface area contributed by atoms with Crippen LogP contribution in [0.4, 0.5) is 11.6 Å². The van der Waals surface area contributed by atoms with Crippen molar-refractivity contribution in [1.82, 2.24) is 15.0 Å². The van der Waals surface area contributed by atoms with Gasteiger partial charge in [-0.05, 0) is 13.8 Å². The van der Waals surface area contributed by atoms with Crippen molar-refractivity contribution in [3.63, 3.8) is 0 Å². The maximum absolute atomic E-state index is 5.51. The standard InChI is InChI=1S/C10H13N5S/c1-6-5-16-9(14-6)7(2)15-10-12-3-8(11)4-13-10/h3-5,7H,11H2,1-2H3,(H,12,13,15). The third-order valence-electron chi connectivity index (χ3n) is 2.02. The zero-order valence-corrected chi connectivity index (χ0v) is 9.95. The predicted molar refractivity (Wildman–Crippen MR) is 65.3 cm³/mol. The molecule has 16 heavy (non-hydrogen) atoms. The van der Waals surface area contributed by atoms with Gasteiger partial charge in [-0.3, -0.25) is 0 Å². The van der Waals surface area contributed by atoms with Gasteiger partial charge in [-0.15, -0.1) is 11.3 Å². The summed E-state index contributed by atoms with van der Waals surface area (Å²) in [6.07, 6.45) is 3.16. The predicted octanol–water partition coefficient (Wildman–Crippen LogP) is 2.00. The van der Waals surface area contributed by atoms with Crippen LogP contribution >= 0.6 is 11.3 Å².